The van der Waals surface area contributed by atoms with Crippen molar-refractivity contribution in [2.24, 2.45) is 0 Å². The topological polar surface area (TPSA) is 4.93 Å². The molecule has 1 aromatic heterocycles. The van der Waals surface area contributed by atoms with Crippen LogP contribution in [0.15, 0.2) is 97.1 Å². The number of rotatable bonds is 2. The van der Waals surface area contributed by atoms with Gasteiger partial charge in [-0.2, -0.15) is 0 Å². The van der Waals surface area contributed by atoms with Gasteiger partial charge < -0.3 is 4.57 Å². The molecule has 0 spiro atoms. The third kappa shape index (κ3) is 2.33. The molecule has 0 bridgehead atoms. The predicted octanol–water partition coefficient (Wildman–Crippen LogP) is 6.76. The van der Waals surface area contributed by atoms with Crippen LogP contribution in [0, 0.1) is 6.92 Å². The van der Waals surface area contributed by atoms with Gasteiger partial charge in [-0.3, -0.25) is 0 Å². The zero-order valence-electron chi connectivity index (χ0n) is 14.7. The van der Waals surface area contributed by atoms with E-state index in [4.69, 9.17) is 0 Å². The molecule has 0 amide bonds. The Kier molecular flexibility index (Phi) is 3.39. The molecule has 5 rings (SSSR count). The van der Waals surface area contributed by atoms with Crippen LogP contribution < -0.4 is 0 Å². The van der Waals surface area contributed by atoms with Gasteiger partial charge in [0.05, 0.1) is 11.0 Å². The van der Waals surface area contributed by atoms with E-state index in [0.29, 0.717) is 0 Å². The third-order valence-electron chi connectivity index (χ3n) is 5.04. The van der Waals surface area contributed by atoms with Crippen LogP contribution >= 0.6 is 0 Å². The summed E-state index contributed by atoms with van der Waals surface area (Å²) in [4.78, 5) is 0. The van der Waals surface area contributed by atoms with Crippen LogP contribution in [0.5, 0.6) is 0 Å². The molecular weight excluding hydrogens is 314 g/mol. The second-order valence-corrected chi connectivity index (χ2v) is 6.79. The van der Waals surface area contributed by atoms with Gasteiger partial charge in [-0.25, -0.2) is 0 Å². The summed E-state index contributed by atoms with van der Waals surface area (Å²) in [5.41, 5.74) is 7.48. The van der Waals surface area contributed by atoms with Crippen molar-refractivity contribution in [3.63, 3.8) is 0 Å². The Balaban J connectivity index is 1.89. The third-order valence-corrected chi connectivity index (χ3v) is 5.04. The molecule has 0 fully saturated rings. The molecule has 0 aliphatic carbocycles. The molecule has 1 heteroatoms. The Bertz CT molecular complexity index is 1210. The van der Waals surface area contributed by atoms with Gasteiger partial charge in [-0.05, 0) is 48.4 Å². The molecule has 5 aromatic rings. The van der Waals surface area contributed by atoms with Crippen molar-refractivity contribution in [1.29, 1.82) is 0 Å². The Morgan fingerprint density at radius 1 is 0.538 bits per heavy atom. The minimum Gasteiger partial charge on any atom is -0.309 e. The van der Waals surface area contributed by atoms with Gasteiger partial charge in [0.2, 0.25) is 0 Å². The maximum absolute atomic E-state index is 2.37. The molecular formula is C25H19N. The zero-order chi connectivity index (χ0) is 17.5. The molecule has 1 nitrogen and oxygen atoms in total. The van der Waals surface area contributed by atoms with Gasteiger partial charge in [-0.1, -0.05) is 72.3 Å². The Morgan fingerprint density at radius 3 is 2.04 bits per heavy atom. The first kappa shape index (κ1) is 15.0. The second-order valence-electron chi connectivity index (χ2n) is 6.79. The van der Waals surface area contributed by atoms with E-state index in [2.05, 4.69) is 109 Å². The lowest BCUT2D eigenvalue weighted by Gasteiger charge is -2.09. The summed E-state index contributed by atoms with van der Waals surface area (Å²) in [6.07, 6.45) is 0. The van der Waals surface area contributed by atoms with Crippen molar-refractivity contribution in [2.45, 2.75) is 6.92 Å². The second kappa shape index (κ2) is 5.89. The molecule has 0 aliphatic rings. The first-order chi connectivity index (χ1) is 12.8. The van der Waals surface area contributed by atoms with Crippen LogP contribution in [0.4, 0.5) is 0 Å². The molecule has 0 saturated heterocycles. The average Bonchev–Trinajstić information content (AvgIpc) is 3.02. The lowest BCUT2D eigenvalue weighted by atomic mass is 10.0. The number of fused-ring (bicyclic) bond motifs is 3. The van der Waals surface area contributed by atoms with Gasteiger partial charge in [0.1, 0.15) is 0 Å². The first-order valence-corrected chi connectivity index (χ1v) is 8.97. The molecule has 124 valence electrons. The molecule has 4 aromatic carbocycles. The number of hydrogen-bond acceptors (Lipinski definition) is 0. The summed E-state index contributed by atoms with van der Waals surface area (Å²) in [5, 5.41) is 2.61. The molecule has 0 atom stereocenters. The van der Waals surface area contributed by atoms with Gasteiger partial charge in [-0.15, -0.1) is 0 Å². The van der Waals surface area contributed by atoms with E-state index in [-0.39, 0.29) is 0 Å². The summed E-state index contributed by atoms with van der Waals surface area (Å²) < 4.78 is 2.37. The fourth-order valence-corrected chi connectivity index (χ4v) is 3.80. The quantitative estimate of drug-likeness (QED) is 0.336. The van der Waals surface area contributed by atoms with Gasteiger partial charge in [0, 0.05) is 16.5 Å². The highest BCUT2D eigenvalue weighted by atomic mass is 15.0. The highest BCUT2D eigenvalue weighted by Crippen LogP contribution is 2.35. The standard InChI is InChI=1S/C25H19N/c1-18-12-15-24-23(16-18)22-14-13-20(19-8-4-2-5-9-19)17-25(22)26(24)21-10-6-3-7-11-21/h2-17H,1H3. The highest BCUT2D eigenvalue weighted by Gasteiger charge is 2.13. The maximum Gasteiger partial charge on any atom is 0.0547 e. The van der Waals surface area contributed by atoms with E-state index in [1.165, 1.54) is 44.2 Å². The van der Waals surface area contributed by atoms with Gasteiger partial charge in [0.25, 0.3) is 0 Å². The van der Waals surface area contributed by atoms with E-state index < -0.39 is 0 Å². The summed E-state index contributed by atoms with van der Waals surface area (Å²) in [6, 6.07) is 34.7. The van der Waals surface area contributed by atoms with Crippen LogP contribution in [0.1, 0.15) is 5.56 Å². The summed E-state index contributed by atoms with van der Waals surface area (Å²) in [6.45, 7) is 2.16. The number of para-hydroxylation sites is 1. The van der Waals surface area contributed by atoms with E-state index in [1.54, 1.807) is 0 Å². The smallest absolute Gasteiger partial charge is 0.0547 e. The molecule has 0 radical (unpaired) electrons. The van der Waals surface area contributed by atoms with Crippen LogP contribution in [0.2, 0.25) is 0 Å². The van der Waals surface area contributed by atoms with Crippen LogP contribution in [-0.2, 0) is 0 Å². The number of aromatic nitrogens is 1. The maximum atomic E-state index is 2.37. The van der Waals surface area contributed by atoms with Crippen molar-refractivity contribution in [3.05, 3.63) is 103 Å². The zero-order valence-corrected chi connectivity index (χ0v) is 14.7. The van der Waals surface area contributed by atoms with Crippen LogP contribution in [0.3, 0.4) is 0 Å². The van der Waals surface area contributed by atoms with Gasteiger partial charge in [0.15, 0.2) is 0 Å². The SMILES string of the molecule is Cc1ccc2c(c1)c1ccc(-c3ccccc3)cc1n2-c1ccccc1. The Hall–Kier alpha value is -3.32. The Morgan fingerprint density at radius 2 is 1.27 bits per heavy atom. The normalized spacial score (nSPS) is 11.3. The highest BCUT2D eigenvalue weighted by molar-refractivity contribution is 6.10. The fourth-order valence-electron chi connectivity index (χ4n) is 3.80. The molecule has 0 unspecified atom stereocenters. The molecule has 26 heavy (non-hydrogen) atoms. The Labute approximate surface area is 153 Å². The molecule has 0 saturated carbocycles. The monoisotopic (exact) mass is 333 g/mol. The largest absolute Gasteiger partial charge is 0.309 e. The van der Waals surface area contributed by atoms with Crippen molar-refractivity contribution in [2.75, 3.05) is 0 Å². The number of hydrogen-bond donors (Lipinski definition) is 0. The van der Waals surface area contributed by atoms with E-state index in [9.17, 15) is 0 Å². The molecule has 1 heterocycles. The van der Waals surface area contributed by atoms with Crippen molar-refractivity contribution < 1.29 is 0 Å². The van der Waals surface area contributed by atoms with E-state index in [1.807, 2.05) is 0 Å². The molecule has 0 N–H and O–H groups in total. The first-order valence-electron chi connectivity index (χ1n) is 8.97. The number of nitrogens with zero attached hydrogens (tertiary/aromatic N) is 1. The van der Waals surface area contributed by atoms with Gasteiger partial charge >= 0.3 is 0 Å². The number of aryl methyl sites for hydroxylation is 1. The molecule has 0 aliphatic heterocycles. The van der Waals surface area contributed by atoms with Crippen molar-refractivity contribution >= 4 is 21.8 Å². The van der Waals surface area contributed by atoms with E-state index >= 15 is 0 Å². The minimum absolute atomic E-state index is 1.20. The van der Waals surface area contributed by atoms with Crippen molar-refractivity contribution in [1.82, 2.24) is 4.57 Å². The summed E-state index contributed by atoms with van der Waals surface area (Å²) >= 11 is 0. The predicted molar refractivity (Wildman–Crippen MR) is 111 cm³/mol. The van der Waals surface area contributed by atoms with E-state index in [0.717, 1.165) is 0 Å². The minimum atomic E-state index is 1.20. The fraction of sp³-hybridized carbons (Fsp3) is 0.0400. The number of benzene rings is 4. The lowest BCUT2D eigenvalue weighted by molar-refractivity contribution is 1.18. The summed E-state index contributed by atoms with van der Waals surface area (Å²) in [7, 11) is 0. The summed E-state index contributed by atoms with van der Waals surface area (Å²) in [5.74, 6) is 0. The van der Waals surface area contributed by atoms with Crippen molar-refractivity contribution in [3.8, 4) is 16.8 Å². The van der Waals surface area contributed by atoms with Crippen LogP contribution in [0.25, 0.3) is 38.6 Å². The lowest BCUT2D eigenvalue weighted by Crippen LogP contribution is -1.93. The van der Waals surface area contributed by atoms with Crippen LogP contribution in [-0.4, -0.2) is 4.57 Å². The average molecular weight is 333 g/mol.